The summed E-state index contributed by atoms with van der Waals surface area (Å²) in [7, 11) is 0. The summed E-state index contributed by atoms with van der Waals surface area (Å²) < 4.78 is 0. The first-order chi connectivity index (χ1) is 10.4. The number of anilines is 1. The molecule has 1 N–H and O–H groups in total. The fourth-order valence-electron chi connectivity index (χ4n) is 6.16. The van der Waals surface area contributed by atoms with Crippen molar-refractivity contribution in [3.8, 4) is 0 Å². The van der Waals surface area contributed by atoms with Gasteiger partial charge in [-0.05, 0) is 48.6 Å². The molecule has 1 spiro atoms. The van der Waals surface area contributed by atoms with Crippen LogP contribution in [0.15, 0.2) is 18.2 Å². The van der Waals surface area contributed by atoms with E-state index in [1.54, 1.807) is 16.8 Å². The van der Waals surface area contributed by atoms with Crippen LogP contribution in [0.4, 0.5) is 5.69 Å². The molecule has 2 fully saturated rings. The first-order valence-corrected chi connectivity index (χ1v) is 9.00. The van der Waals surface area contributed by atoms with E-state index in [1.165, 1.54) is 51.5 Å². The summed E-state index contributed by atoms with van der Waals surface area (Å²) in [6, 6.07) is 7.12. The van der Waals surface area contributed by atoms with E-state index >= 15 is 0 Å². The van der Waals surface area contributed by atoms with E-state index in [1.807, 2.05) is 0 Å². The molecule has 0 amide bonds. The Balaban J connectivity index is 1.75. The molecule has 1 aromatic rings. The fraction of sp³-hybridized carbons (Fsp3) is 0.684. The van der Waals surface area contributed by atoms with Gasteiger partial charge in [-0.2, -0.15) is 0 Å². The zero-order valence-corrected chi connectivity index (χ0v) is 12.9. The van der Waals surface area contributed by atoms with E-state index in [-0.39, 0.29) is 0 Å². The van der Waals surface area contributed by atoms with Gasteiger partial charge >= 0.3 is 0 Å². The molecule has 2 aliphatic carbocycles. The van der Waals surface area contributed by atoms with Gasteiger partial charge in [0, 0.05) is 30.9 Å². The van der Waals surface area contributed by atoms with Crippen molar-refractivity contribution in [3.05, 3.63) is 29.3 Å². The van der Waals surface area contributed by atoms with Crippen LogP contribution in [0.2, 0.25) is 0 Å². The number of para-hydroxylation sites is 1. The van der Waals surface area contributed by atoms with Crippen LogP contribution in [-0.2, 0) is 6.54 Å². The number of rotatable bonds is 0. The predicted octanol–water partition coefficient (Wildman–Crippen LogP) is 3.81. The van der Waals surface area contributed by atoms with Gasteiger partial charge in [-0.1, -0.05) is 37.5 Å². The van der Waals surface area contributed by atoms with Crippen LogP contribution in [0.1, 0.15) is 62.0 Å². The van der Waals surface area contributed by atoms with Crippen molar-refractivity contribution < 1.29 is 0 Å². The highest BCUT2D eigenvalue weighted by atomic mass is 15.2. The summed E-state index contributed by atoms with van der Waals surface area (Å²) >= 11 is 0. The highest BCUT2D eigenvalue weighted by Gasteiger charge is 2.54. The van der Waals surface area contributed by atoms with Crippen LogP contribution in [0, 0.1) is 5.92 Å². The summed E-state index contributed by atoms with van der Waals surface area (Å²) in [5.74, 6) is 1.79. The molecule has 4 aliphatic rings. The van der Waals surface area contributed by atoms with Crippen LogP contribution >= 0.6 is 0 Å². The smallest absolute Gasteiger partial charge is 0.0452 e. The summed E-state index contributed by atoms with van der Waals surface area (Å²) in [6.45, 7) is 3.42. The third-order valence-electron chi connectivity index (χ3n) is 6.86. The van der Waals surface area contributed by atoms with E-state index < -0.39 is 0 Å². The molecule has 2 heterocycles. The van der Waals surface area contributed by atoms with Crippen molar-refractivity contribution in [1.82, 2.24) is 5.32 Å². The van der Waals surface area contributed by atoms with Gasteiger partial charge < -0.3 is 10.2 Å². The monoisotopic (exact) mass is 282 g/mol. The van der Waals surface area contributed by atoms with Gasteiger partial charge in [0.15, 0.2) is 0 Å². The molecule has 112 valence electrons. The summed E-state index contributed by atoms with van der Waals surface area (Å²) in [5.41, 5.74) is 5.40. The highest BCUT2D eigenvalue weighted by Crippen LogP contribution is 2.60. The largest absolute Gasteiger partial charge is 0.364 e. The van der Waals surface area contributed by atoms with E-state index in [9.17, 15) is 0 Å². The van der Waals surface area contributed by atoms with Crippen molar-refractivity contribution in [1.29, 1.82) is 0 Å². The second-order valence-electron chi connectivity index (χ2n) is 7.64. The lowest BCUT2D eigenvalue weighted by atomic mass is 9.68. The highest BCUT2D eigenvalue weighted by molar-refractivity contribution is 5.66. The number of nitrogens with one attached hydrogen (secondary N) is 1. The molecule has 2 heteroatoms. The Hall–Kier alpha value is -1.02. The Labute approximate surface area is 127 Å². The van der Waals surface area contributed by atoms with Crippen LogP contribution in [0.3, 0.4) is 0 Å². The Morgan fingerprint density at radius 3 is 2.90 bits per heavy atom. The Morgan fingerprint density at radius 2 is 2.00 bits per heavy atom. The minimum atomic E-state index is 0.510. The molecule has 2 aliphatic heterocycles. The maximum Gasteiger partial charge on any atom is 0.0452 e. The number of nitrogens with zero attached hydrogens (tertiary/aromatic N) is 1. The van der Waals surface area contributed by atoms with E-state index in [0.29, 0.717) is 5.54 Å². The number of hydrogen-bond donors (Lipinski definition) is 1. The Morgan fingerprint density at radius 1 is 1.10 bits per heavy atom. The molecule has 5 rings (SSSR count). The SMILES string of the molecule is c1cc2c3c(c1)[C@H]1CCC[C@H]1C1(CCCC1)N3CCNC2. The Bertz CT molecular complexity index is 559. The molecule has 0 unspecified atom stereocenters. The molecule has 0 saturated heterocycles. The van der Waals surface area contributed by atoms with Crippen LogP contribution in [0.5, 0.6) is 0 Å². The zero-order chi connectivity index (χ0) is 13.9. The zero-order valence-electron chi connectivity index (χ0n) is 12.9. The quantitative estimate of drug-likeness (QED) is 0.778. The lowest BCUT2D eigenvalue weighted by molar-refractivity contribution is 0.223. The molecule has 0 radical (unpaired) electrons. The standard InChI is InChI=1S/C19H26N2/c1-2-10-19(9-1)17-8-4-6-15(17)16-7-3-5-14-13-20-11-12-21(19)18(14)16/h3,5,7,15,17,20H,1-2,4,6,8-13H2/t15-,17-/m1/s1. The van der Waals surface area contributed by atoms with E-state index in [0.717, 1.165) is 24.9 Å². The van der Waals surface area contributed by atoms with Gasteiger partial charge in [-0.3, -0.25) is 0 Å². The maximum absolute atomic E-state index is 3.65. The number of fused-ring (bicyclic) bond motifs is 4. The van der Waals surface area contributed by atoms with Gasteiger partial charge in [0.2, 0.25) is 0 Å². The van der Waals surface area contributed by atoms with E-state index in [2.05, 4.69) is 28.4 Å². The van der Waals surface area contributed by atoms with Crippen molar-refractivity contribution >= 4 is 5.69 Å². The molecule has 1 aromatic carbocycles. The van der Waals surface area contributed by atoms with Crippen molar-refractivity contribution in [3.63, 3.8) is 0 Å². The normalized spacial score (nSPS) is 32.9. The molecular formula is C19H26N2. The first kappa shape index (κ1) is 12.5. The summed E-state index contributed by atoms with van der Waals surface area (Å²) in [6.07, 6.45) is 10.1. The predicted molar refractivity (Wildman–Crippen MR) is 86.8 cm³/mol. The molecule has 21 heavy (non-hydrogen) atoms. The number of benzene rings is 1. The van der Waals surface area contributed by atoms with E-state index in [4.69, 9.17) is 0 Å². The molecule has 2 atom stereocenters. The van der Waals surface area contributed by atoms with Gasteiger partial charge in [0.25, 0.3) is 0 Å². The van der Waals surface area contributed by atoms with Gasteiger partial charge in [0.1, 0.15) is 0 Å². The lowest BCUT2D eigenvalue weighted by Gasteiger charge is -2.54. The average Bonchev–Trinajstić information content (AvgIpc) is 3.12. The second-order valence-corrected chi connectivity index (χ2v) is 7.64. The van der Waals surface area contributed by atoms with Crippen molar-refractivity contribution in [2.45, 2.75) is 62.9 Å². The Kier molecular flexibility index (Phi) is 2.67. The molecule has 0 bridgehead atoms. The summed E-state index contributed by atoms with van der Waals surface area (Å²) in [5, 5.41) is 3.65. The average molecular weight is 282 g/mol. The van der Waals surface area contributed by atoms with Crippen LogP contribution in [0.25, 0.3) is 0 Å². The lowest BCUT2D eigenvalue weighted by Crippen LogP contribution is -2.57. The molecule has 2 nitrogen and oxygen atoms in total. The minimum Gasteiger partial charge on any atom is -0.364 e. The first-order valence-electron chi connectivity index (χ1n) is 9.00. The minimum absolute atomic E-state index is 0.510. The molecule has 2 saturated carbocycles. The van der Waals surface area contributed by atoms with Crippen LogP contribution < -0.4 is 10.2 Å². The number of hydrogen-bond acceptors (Lipinski definition) is 2. The van der Waals surface area contributed by atoms with Gasteiger partial charge in [-0.15, -0.1) is 0 Å². The second kappa shape index (κ2) is 4.49. The van der Waals surface area contributed by atoms with Crippen molar-refractivity contribution in [2.24, 2.45) is 5.92 Å². The summed E-state index contributed by atoms with van der Waals surface area (Å²) in [4.78, 5) is 2.89. The molecule has 0 aromatic heterocycles. The van der Waals surface area contributed by atoms with Crippen molar-refractivity contribution in [2.75, 3.05) is 18.0 Å². The fourth-order valence-corrected chi connectivity index (χ4v) is 6.16. The maximum atomic E-state index is 3.65. The molecular weight excluding hydrogens is 256 g/mol. The van der Waals surface area contributed by atoms with Gasteiger partial charge in [0.05, 0.1) is 0 Å². The van der Waals surface area contributed by atoms with Crippen LogP contribution in [-0.4, -0.2) is 18.6 Å². The third-order valence-corrected chi connectivity index (χ3v) is 6.86. The van der Waals surface area contributed by atoms with Gasteiger partial charge in [-0.25, -0.2) is 0 Å². The third kappa shape index (κ3) is 1.57. The topological polar surface area (TPSA) is 15.3 Å².